The number of urea groups is 1. The number of allylic oxidation sites excluding steroid dienone is 1. The van der Waals surface area contributed by atoms with Gasteiger partial charge in [-0.25, -0.2) is 4.79 Å². The molecule has 12 heavy (non-hydrogen) atoms. The van der Waals surface area contributed by atoms with Gasteiger partial charge in [-0.2, -0.15) is 0 Å². The summed E-state index contributed by atoms with van der Waals surface area (Å²) in [6, 6.07) is -0.159. The summed E-state index contributed by atoms with van der Waals surface area (Å²) < 4.78 is 5.25. The summed E-state index contributed by atoms with van der Waals surface area (Å²) in [5, 5.41) is 5.17. The topological polar surface area (TPSA) is 50.4 Å². The third-order valence-corrected chi connectivity index (χ3v) is 1.74. The molecule has 0 aromatic heterocycles. The van der Waals surface area contributed by atoms with E-state index in [1.807, 2.05) is 6.08 Å². The van der Waals surface area contributed by atoms with Gasteiger partial charge < -0.3 is 15.4 Å². The van der Waals surface area contributed by atoms with Gasteiger partial charge in [0.2, 0.25) is 0 Å². The lowest BCUT2D eigenvalue weighted by atomic mass is 10.1. The number of ether oxygens (including phenoxy) is 1. The average molecular weight is 170 g/mol. The fraction of sp³-hybridized carbons (Fsp3) is 0.625. The van der Waals surface area contributed by atoms with Crippen molar-refractivity contribution < 1.29 is 9.53 Å². The minimum absolute atomic E-state index is 0.132. The zero-order valence-corrected chi connectivity index (χ0v) is 7.17. The Morgan fingerprint density at radius 1 is 1.75 bits per heavy atom. The molecule has 0 aromatic rings. The Morgan fingerprint density at radius 2 is 2.58 bits per heavy atom. The van der Waals surface area contributed by atoms with E-state index in [0.717, 1.165) is 12.8 Å². The summed E-state index contributed by atoms with van der Waals surface area (Å²) in [7, 11) is 1.59. The Kier molecular flexibility index (Phi) is 3.44. The summed E-state index contributed by atoms with van der Waals surface area (Å²) in [4.78, 5) is 10.8. The van der Waals surface area contributed by atoms with Gasteiger partial charge in [0.1, 0.15) is 6.10 Å². The minimum Gasteiger partial charge on any atom is -0.497 e. The maximum absolute atomic E-state index is 10.8. The minimum atomic E-state index is -0.159. The van der Waals surface area contributed by atoms with Crippen molar-refractivity contribution in [3.05, 3.63) is 12.3 Å². The first-order valence-electron chi connectivity index (χ1n) is 4.09. The van der Waals surface area contributed by atoms with E-state index in [0.29, 0.717) is 6.54 Å². The highest BCUT2D eigenvalue weighted by Gasteiger charge is 2.10. The number of amides is 2. The highest BCUT2D eigenvalue weighted by molar-refractivity contribution is 5.73. The molecule has 1 heterocycles. The van der Waals surface area contributed by atoms with Gasteiger partial charge in [0.15, 0.2) is 0 Å². The maximum atomic E-state index is 10.8. The van der Waals surface area contributed by atoms with Gasteiger partial charge in [0.05, 0.1) is 12.8 Å². The zero-order chi connectivity index (χ0) is 8.81. The van der Waals surface area contributed by atoms with Crippen LogP contribution in [-0.2, 0) is 4.74 Å². The molecule has 68 valence electrons. The van der Waals surface area contributed by atoms with Crippen molar-refractivity contribution in [3.8, 4) is 0 Å². The van der Waals surface area contributed by atoms with Crippen LogP contribution in [0.1, 0.15) is 12.8 Å². The highest BCUT2D eigenvalue weighted by atomic mass is 16.5. The lowest BCUT2D eigenvalue weighted by molar-refractivity contribution is 0.124. The second-order valence-corrected chi connectivity index (χ2v) is 2.67. The Labute approximate surface area is 72.0 Å². The van der Waals surface area contributed by atoms with Crippen LogP contribution in [0.3, 0.4) is 0 Å². The van der Waals surface area contributed by atoms with Crippen molar-refractivity contribution in [2.45, 2.75) is 18.9 Å². The normalized spacial score (nSPS) is 21.2. The summed E-state index contributed by atoms with van der Waals surface area (Å²) >= 11 is 0. The van der Waals surface area contributed by atoms with Crippen LogP contribution in [0.5, 0.6) is 0 Å². The molecule has 2 N–H and O–H groups in total. The van der Waals surface area contributed by atoms with E-state index >= 15 is 0 Å². The smallest absolute Gasteiger partial charge is 0.314 e. The van der Waals surface area contributed by atoms with E-state index in [4.69, 9.17) is 4.74 Å². The van der Waals surface area contributed by atoms with Gasteiger partial charge in [0, 0.05) is 7.05 Å². The van der Waals surface area contributed by atoms with Crippen LogP contribution in [0, 0.1) is 0 Å². The van der Waals surface area contributed by atoms with Gasteiger partial charge in [-0.1, -0.05) is 0 Å². The molecule has 0 radical (unpaired) electrons. The fourth-order valence-electron chi connectivity index (χ4n) is 1.03. The van der Waals surface area contributed by atoms with Crippen LogP contribution in [-0.4, -0.2) is 25.7 Å². The molecule has 1 aliphatic rings. The summed E-state index contributed by atoms with van der Waals surface area (Å²) in [6.07, 6.45) is 5.81. The molecule has 2 amide bonds. The van der Waals surface area contributed by atoms with Crippen molar-refractivity contribution in [2.75, 3.05) is 13.6 Å². The third-order valence-electron chi connectivity index (χ3n) is 1.74. The summed E-state index contributed by atoms with van der Waals surface area (Å²) in [5.74, 6) is 0. The number of hydrogen-bond acceptors (Lipinski definition) is 2. The molecule has 1 atom stereocenters. The molecule has 1 unspecified atom stereocenters. The van der Waals surface area contributed by atoms with Crippen molar-refractivity contribution >= 4 is 6.03 Å². The number of nitrogens with one attached hydrogen (secondary N) is 2. The Hall–Kier alpha value is -1.19. The monoisotopic (exact) mass is 170 g/mol. The van der Waals surface area contributed by atoms with Crippen molar-refractivity contribution in [3.63, 3.8) is 0 Å². The summed E-state index contributed by atoms with van der Waals surface area (Å²) in [6.45, 7) is 0.573. The molecular formula is C8H14N2O2. The van der Waals surface area contributed by atoms with Crippen molar-refractivity contribution in [1.29, 1.82) is 0 Å². The predicted octanol–water partition coefficient (Wildman–Crippen LogP) is 0.608. The van der Waals surface area contributed by atoms with Crippen LogP contribution in [0.25, 0.3) is 0 Å². The molecule has 0 fully saturated rings. The molecule has 0 spiro atoms. The fourth-order valence-corrected chi connectivity index (χ4v) is 1.03. The first kappa shape index (κ1) is 8.90. The number of carbonyl (C=O) groups excluding carboxylic acids is 1. The van der Waals surface area contributed by atoms with Gasteiger partial charge in [-0.15, -0.1) is 0 Å². The van der Waals surface area contributed by atoms with E-state index in [9.17, 15) is 4.79 Å². The second-order valence-electron chi connectivity index (χ2n) is 2.67. The zero-order valence-electron chi connectivity index (χ0n) is 7.17. The Balaban J connectivity index is 2.14. The highest BCUT2D eigenvalue weighted by Crippen LogP contribution is 2.08. The molecule has 0 aliphatic carbocycles. The molecule has 4 heteroatoms. The Bertz CT molecular complexity index is 180. The Morgan fingerprint density at radius 3 is 3.17 bits per heavy atom. The molecule has 0 bridgehead atoms. The van der Waals surface area contributed by atoms with E-state index < -0.39 is 0 Å². The largest absolute Gasteiger partial charge is 0.497 e. The average Bonchev–Trinajstić information content (AvgIpc) is 2.16. The summed E-state index contributed by atoms with van der Waals surface area (Å²) in [5.41, 5.74) is 0. The van der Waals surface area contributed by atoms with Gasteiger partial charge in [-0.05, 0) is 18.9 Å². The van der Waals surface area contributed by atoms with E-state index in [2.05, 4.69) is 10.6 Å². The molecule has 1 aliphatic heterocycles. The van der Waals surface area contributed by atoms with E-state index in [1.165, 1.54) is 0 Å². The molecule has 1 rings (SSSR count). The van der Waals surface area contributed by atoms with Crippen LogP contribution in [0.4, 0.5) is 4.79 Å². The molecular weight excluding hydrogens is 156 g/mol. The quantitative estimate of drug-likeness (QED) is 0.638. The van der Waals surface area contributed by atoms with Crippen LogP contribution < -0.4 is 10.6 Å². The van der Waals surface area contributed by atoms with Crippen LogP contribution in [0.2, 0.25) is 0 Å². The molecule has 0 saturated carbocycles. The lowest BCUT2D eigenvalue weighted by Gasteiger charge is -2.19. The lowest BCUT2D eigenvalue weighted by Crippen LogP contribution is -2.38. The first-order valence-corrected chi connectivity index (χ1v) is 4.09. The molecule has 0 aromatic carbocycles. The van der Waals surface area contributed by atoms with Crippen molar-refractivity contribution in [2.24, 2.45) is 0 Å². The van der Waals surface area contributed by atoms with Crippen LogP contribution >= 0.6 is 0 Å². The van der Waals surface area contributed by atoms with Gasteiger partial charge in [-0.3, -0.25) is 0 Å². The standard InChI is InChI=1S/C8H14N2O2/c1-9-8(11)10-6-7-4-2-3-5-12-7/h3,5,7H,2,4,6H2,1H3,(H2,9,10,11). The first-order chi connectivity index (χ1) is 5.83. The van der Waals surface area contributed by atoms with Gasteiger partial charge >= 0.3 is 6.03 Å². The second kappa shape index (κ2) is 4.64. The molecule has 0 saturated heterocycles. The number of hydrogen-bond donors (Lipinski definition) is 2. The predicted molar refractivity (Wildman–Crippen MR) is 45.7 cm³/mol. The number of rotatable bonds is 2. The third kappa shape index (κ3) is 2.82. The molecule has 4 nitrogen and oxygen atoms in total. The maximum Gasteiger partial charge on any atom is 0.314 e. The van der Waals surface area contributed by atoms with Gasteiger partial charge in [0.25, 0.3) is 0 Å². The van der Waals surface area contributed by atoms with E-state index in [1.54, 1.807) is 13.3 Å². The number of carbonyl (C=O) groups is 1. The van der Waals surface area contributed by atoms with Crippen LogP contribution in [0.15, 0.2) is 12.3 Å². The SMILES string of the molecule is CNC(=O)NCC1CCC=CO1. The van der Waals surface area contributed by atoms with E-state index in [-0.39, 0.29) is 12.1 Å². The van der Waals surface area contributed by atoms with Crippen molar-refractivity contribution in [1.82, 2.24) is 10.6 Å².